The van der Waals surface area contributed by atoms with E-state index in [0.717, 1.165) is 39.3 Å². The first-order valence-electron chi connectivity index (χ1n) is 42.8. The molecule has 0 saturated carbocycles. The molecule has 9 atom stereocenters. The van der Waals surface area contributed by atoms with Gasteiger partial charge in [0.05, 0.1) is 108 Å². The monoisotopic (exact) mass is 1830 g/mol. The number of rotatable bonds is 40. The first kappa shape index (κ1) is 103. The summed E-state index contributed by atoms with van der Waals surface area (Å²) in [7, 11) is 0. The van der Waals surface area contributed by atoms with Crippen molar-refractivity contribution in [3.63, 3.8) is 0 Å². The van der Waals surface area contributed by atoms with Crippen molar-refractivity contribution < 1.29 is 119 Å². The standard InChI is InChI=1S/C82H125N23O21.Cu/c83-80(84)94-23-10-17-57-75(116)96-44-65(108)97-60(42-68(111)112)78(119)100-59(41-53-11-2-1-3-12-53)77(118)99-58(76(117)98-57)16-8-9-22-93-79(120)74-73(115)72(114)71(113)62(126-74)43-95-66(109)46-105-70-55-14-5-4-13-54(55)45-104(61-18-7-6-15-56(61)69(70)102-103-105)67(110)19-24-92-63(106)20-31-121-33-35-123-37-39-125-40-38-124-36-34-122-32-21-64(107)101-82-50-89-28-25-86-47-81(85,48-87-26-29-90-51-82)49-88-27-30-91-52-82;/h1-7,11-15,18,57-60,62,71-74,86-91,113-115H,8-10,16-17,19-52,85H2,(H,92,106)(H,93,120)(H,95,109)(H,96,116)(H,97,108)(H,98,117)(H,99,118)(H,100,119)(H,101,107)(H,111,112)(H4,83,84,94);/q;+2/t57-,58-,59+,60-,62+,71+,72-,73+,74+,81?,82?;/m0./s1/i;1+0. The van der Waals surface area contributed by atoms with Gasteiger partial charge in [0.1, 0.15) is 60.8 Å². The largest absolute Gasteiger partial charge is 2.00 e. The van der Waals surface area contributed by atoms with E-state index < -0.39 is 139 Å². The Labute approximate surface area is 746 Å². The van der Waals surface area contributed by atoms with Crippen LogP contribution in [0.25, 0.3) is 22.5 Å². The van der Waals surface area contributed by atoms with Crippen LogP contribution in [-0.2, 0) is 118 Å². The van der Waals surface area contributed by atoms with Crippen molar-refractivity contribution in [3.05, 3.63) is 90.0 Å². The number of carboxylic acids is 1. The second kappa shape index (κ2) is 54.4. The fourth-order valence-electron chi connectivity index (χ4n) is 14.7. The molecule has 0 spiro atoms. The van der Waals surface area contributed by atoms with Crippen LogP contribution >= 0.6 is 0 Å². The third kappa shape index (κ3) is 34.3. The second-order valence-electron chi connectivity index (χ2n) is 31.4. The Morgan fingerprint density at radius 1 is 0.559 bits per heavy atom. The number of aliphatic carboxylic acids is 1. The Balaban J connectivity index is 0.0000200. The van der Waals surface area contributed by atoms with Crippen molar-refractivity contribution in [1.82, 2.24) is 94.7 Å². The first-order chi connectivity index (χ1) is 60.9. The van der Waals surface area contributed by atoms with Gasteiger partial charge in [-0.2, -0.15) is 0 Å². The summed E-state index contributed by atoms with van der Waals surface area (Å²) in [4.78, 5) is 155. The number of hydrogen-bond acceptors (Lipinski definition) is 30. The van der Waals surface area contributed by atoms with Crippen LogP contribution in [0.1, 0.15) is 68.9 Å². The Bertz CT molecular complexity index is 4170. The molecule has 3 aromatic carbocycles. The summed E-state index contributed by atoms with van der Waals surface area (Å²) < 4.78 is 35.5. The third-order valence-corrected chi connectivity index (χ3v) is 21.4. The van der Waals surface area contributed by atoms with E-state index in [-0.39, 0.29) is 151 Å². The van der Waals surface area contributed by atoms with E-state index in [1.807, 2.05) is 6.07 Å². The van der Waals surface area contributed by atoms with Crippen molar-refractivity contribution in [3.8, 4) is 22.5 Å². The molecule has 6 aliphatic heterocycles. The molecule has 4 aromatic rings. The van der Waals surface area contributed by atoms with Crippen LogP contribution in [0.4, 0.5) is 5.69 Å². The van der Waals surface area contributed by atoms with Crippen molar-refractivity contribution in [2.45, 2.75) is 143 Å². The molecular weight excluding hydrogens is 1710 g/mol. The zero-order chi connectivity index (χ0) is 90.1. The molecule has 0 unspecified atom stereocenters. The number of carboxylic acid groups (broad SMARTS) is 1. The van der Waals surface area contributed by atoms with Crippen LogP contribution < -0.4 is 102 Å². The smallest absolute Gasteiger partial charge is 0.481 e. The summed E-state index contributed by atoms with van der Waals surface area (Å²) in [6, 6.07) is 16.8. The van der Waals surface area contributed by atoms with Gasteiger partial charge in [0.15, 0.2) is 12.1 Å². The van der Waals surface area contributed by atoms with Gasteiger partial charge in [-0.3, -0.25) is 57.7 Å². The molecule has 1 aromatic heterocycles. The van der Waals surface area contributed by atoms with Crippen LogP contribution in [0, 0.1) is 0 Å². The Kier molecular flexibility index (Phi) is 43.9. The van der Waals surface area contributed by atoms with Crippen molar-refractivity contribution in [2.75, 3.05) is 182 Å². The zero-order valence-electron chi connectivity index (χ0n) is 71.3. The van der Waals surface area contributed by atoms with E-state index in [1.165, 1.54) is 4.68 Å². The summed E-state index contributed by atoms with van der Waals surface area (Å²) >= 11 is 0. The molecule has 6 aliphatic rings. The minimum absolute atomic E-state index is 0. The molecule has 1 radical (unpaired) electrons. The predicted octanol–water partition coefficient (Wildman–Crippen LogP) is -7.96. The number of aromatic nitrogens is 3. The summed E-state index contributed by atoms with van der Waals surface area (Å²) in [5.74, 6) is -8.58. The number of anilines is 1. The second-order valence-corrected chi connectivity index (χ2v) is 31.4. The number of hydrogen-bond donors (Lipinski definition) is 22. The van der Waals surface area contributed by atoms with Crippen LogP contribution in [0.2, 0.25) is 0 Å². The van der Waals surface area contributed by atoms with Gasteiger partial charge in [0.25, 0.3) is 5.91 Å². The third-order valence-electron chi connectivity index (χ3n) is 21.4. The number of benzene rings is 3. The maximum absolute atomic E-state index is 14.3. The molecule has 45 heteroatoms. The van der Waals surface area contributed by atoms with Gasteiger partial charge in [0.2, 0.25) is 53.2 Å². The summed E-state index contributed by atoms with van der Waals surface area (Å²) in [6.07, 6.45) is -9.64. The molecule has 7 heterocycles. The first-order valence-corrected chi connectivity index (χ1v) is 42.8. The minimum Gasteiger partial charge on any atom is -0.481 e. The normalized spacial score (nSPS) is 23.5. The maximum Gasteiger partial charge on any atom is 2.00 e. The number of carbonyl (C=O) groups is 11. The van der Waals surface area contributed by atoms with Gasteiger partial charge in [-0.25, -0.2) is 4.68 Å². The maximum atomic E-state index is 14.3. The number of ether oxygens (including phenoxy) is 6. The predicted molar refractivity (Wildman–Crippen MR) is 458 cm³/mol. The van der Waals surface area contributed by atoms with Crippen LogP contribution in [0.5, 0.6) is 0 Å². The van der Waals surface area contributed by atoms with Crippen molar-refractivity contribution >= 4 is 76.7 Å². The molecule has 10 amide bonds. The average molecular weight is 1830 g/mol. The molecule has 703 valence electrons. The molecule has 127 heavy (non-hydrogen) atoms. The molecule has 0 aliphatic carbocycles. The van der Waals surface area contributed by atoms with Crippen molar-refractivity contribution in [2.24, 2.45) is 22.2 Å². The number of aliphatic imine (C=N–C) groups is 1. The van der Waals surface area contributed by atoms with Gasteiger partial charge in [0, 0.05) is 142 Å². The topological polar surface area (TPSA) is 629 Å². The summed E-state index contributed by atoms with van der Waals surface area (Å²) in [5.41, 5.74) is 20.3. The van der Waals surface area contributed by atoms with E-state index >= 15 is 0 Å². The van der Waals surface area contributed by atoms with Gasteiger partial charge in [-0.15, -0.1) is 5.10 Å². The van der Waals surface area contributed by atoms with Gasteiger partial charge < -0.3 is 151 Å². The van der Waals surface area contributed by atoms with Gasteiger partial charge >= 0.3 is 23.0 Å². The van der Waals surface area contributed by atoms with Gasteiger partial charge in [-0.05, 0) is 49.3 Å². The number of fused-ring (bicyclic) bond motifs is 20. The van der Waals surface area contributed by atoms with Gasteiger partial charge in [-0.1, -0.05) is 78.0 Å². The van der Waals surface area contributed by atoms with E-state index in [4.69, 9.17) is 45.6 Å². The fourth-order valence-corrected chi connectivity index (χ4v) is 14.7. The fraction of sp³-hybridized carbons (Fsp3) is 0.610. The molecule has 2 bridgehead atoms. The van der Waals surface area contributed by atoms with Crippen LogP contribution in [0.3, 0.4) is 0 Å². The van der Waals surface area contributed by atoms with Crippen molar-refractivity contribution in [1.29, 1.82) is 0 Å². The van der Waals surface area contributed by atoms with E-state index in [1.54, 1.807) is 77.7 Å². The number of aliphatic hydroxyl groups is 3. The number of nitrogens with zero attached hydrogens (tertiary/aromatic N) is 5. The molecule has 25 N–H and O–H groups in total. The molecule has 44 nitrogen and oxygen atoms in total. The van der Waals surface area contributed by atoms with E-state index in [0.29, 0.717) is 118 Å². The van der Waals surface area contributed by atoms with Crippen LogP contribution in [-0.4, -0.2) is 350 Å². The Morgan fingerprint density at radius 3 is 1.71 bits per heavy atom. The molecule has 5 saturated heterocycles. The number of aliphatic hydroxyl groups excluding tert-OH is 3. The van der Waals surface area contributed by atoms with E-state index in [9.17, 15) is 73.2 Å². The molecule has 5 fully saturated rings. The zero-order valence-corrected chi connectivity index (χ0v) is 72.2. The molecule has 10 rings (SSSR count). The minimum atomic E-state index is -1.95. The SMILES string of the molecule is NC(N)=NCCC[C@@H]1NC(=O)[C@H](CCCCNC(=O)[C@@H]2O[C@H](CNC(=O)Cn3nnc4c3-c3ccccc3CN(C(=O)CCNC(=O)CCOCCOCCOCCOCCOCCC(=O)NC35CNCCNCC(N)(CNCCNC3)CNCCNC5)c3ccccc3-4)[C@@H](O)[C@H](O)[C@H]2O)NC(=O)[C@@H](Cc2ccccc2)NC(=O)[C@H](CC(=O)O)NC(=O)CNC1=O.[64Cu+2]. The van der Waals surface area contributed by atoms with Crippen LogP contribution in [0.15, 0.2) is 83.9 Å². The number of carbonyl (C=O) groups excluding carboxylic acids is 10. The Hall–Kier alpha value is -9.88. The number of para-hydroxylation sites is 1. The Morgan fingerprint density at radius 2 is 1.09 bits per heavy atom. The number of nitrogens with two attached hydrogens (primary N) is 3. The quantitative estimate of drug-likeness (QED) is 0.00851. The summed E-state index contributed by atoms with van der Waals surface area (Å²) in [6.45, 7) is 9.43. The number of unbranched alkanes of at least 4 members (excludes halogenated alkanes) is 1. The van der Waals surface area contributed by atoms with E-state index in [2.05, 4.69) is 95.1 Å². The average Bonchev–Trinajstić information content (AvgIpc) is 1.66. The summed E-state index contributed by atoms with van der Waals surface area (Å²) in [5, 5.41) is 96.7. The number of guanidine groups is 1. The number of nitrogens with one attached hydrogen (secondary N) is 15. The molecular formula is C82H125CuN23O21+2. The number of amides is 10.